The van der Waals surface area contributed by atoms with Crippen LogP contribution in [0.2, 0.25) is 0 Å². The molecule has 34 heavy (non-hydrogen) atoms. The van der Waals surface area contributed by atoms with E-state index >= 15 is 0 Å². The van der Waals surface area contributed by atoms with E-state index in [1.165, 1.54) is 4.90 Å². The van der Waals surface area contributed by atoms with Gasteiger partial charge >= 0.3 is 0 Å². The van der Waals surface area contributed by atoms with Crippen LogP contribution in [-0.4, -0.2) is 35.0 Å². The average molecular weight is 475 g/mol. The van der Waals surface area contributed by atoms with E-state index in [0.717, 1.165) is 17.3 Å². The number of rotatable bonds is 9. The van der Waals surface area contributed by atoms with Gasteiger partial charge in [-0.25, -0.2) is 13.2 Å². The van der Waals surface area contributed by atoms with E-state index in [9.17, 15) is 22.8 Å². The third kappa shape index (κ3) is 5.75. The van der Waals surface area contributed by atoms with Gasteiger partial charge in [0.1, 0.15) is 24.7 Å². The summed E-state index contributed by atoms with van der Waals surface area (Å²) in [5.74, 6) is -4.51. The largest absolute Gasteiger partial charge is 0.489 e. The summed E-state index contributed by atoms with van der Waals surface area (Å²) in [6.07, 6.45) is 0.567. The molecule has 7 nitrogen and oxygen atoms in total. The van der Waals surface area contributed by atoms with E-state index in [1.54, 1.807) is 31.2 Å². The summed E-state index contributed by atoms with van der Waals surface area (Å²) in [5, 5.41) is 6.05. The Kier molecular flexibility index (Phi) is 7.93. The molecule has 1 aromatic heterocycles. The van der Waals surface area contributed by atoms with Gasteiger partial charge in [0.05, 0.1) is 16.9 Å². The first-order valence-electron chi connectivity index (χ1n) is 10.6. The second-order valence-corrected chi connectivity index (χ2v) is 7.61. The van der Waals surface area contributed by atoms with Crippen LogP contribution >= 0.6 is 0 Å². The van der Waals surface area contributed by atoms with E-state index in [4.69, 9.17) is 9.26 Å². The molecular formula is C24H24F3N3O4. The van der Waals surface area contributed by atoms with Crippen LogP contribution in [0.4, 0.5) is 18.9 Å². The van der Waals surface area contributed by atoms with Crippen molar-refractivity contribution in [3.63, 3.8) is 0 Å². The molecule has 0 unspecified atom stereocenters. The molecule has 3 rings (SSSR count). The van der Waals surface area contributed by atoms with E-state index in [-0.39, 0.29) is 13.2 Å². The molecule has 2 amide bonds. The molecule has 3 aromatic rings. The van der Waals surface area contributed by atoms with Crippen molar-refractivity contribution in [1.29, 1.82) is 0 Å². The molecule has 0 atom stereocenters. The molecule has 0 spiro atoms. The lowest BCUT2D eigenvalue weighted by Crippen LogP contribution is -2.38. The predicted molar refractivity (Wildman–Crippen MR) is 118 cm³/mol. The quantitative estimate of drug-likeness (QED) is 0.451. The molecule has 0 bridgehead atoms. The Morgan fingerprint density at radius 3 is 2.38 bits per heavy atom. The molecule has 2 aromatic carbocycles. The van der Waals surface area contributed by atoms with Crippen LogP contribution in [-0.2, 0) is 11.4 Å². The second kappa shape index (κ2) is 10.9. The average Bonchev–Trinajstić information content (AvgIpc) is 3.14. The number of aryl methyl sites for hydroxylation is 2. The van der Waals surface area contributed by atoms with Crippen molar-refractivity contribution in [1.82, 2.24) is 10.1 Å². The molecule has 1 N–H and O–H groups in total. The molecule has 0 radical (unpaired) electrons. The summed E-state index contributed by atoms with van der Waals surface area (Å²) < 4.78 is 51.2. The Morgan fingerprint density at radius 1 is 1.06 bits per heavy atom. The van der Waals surface area contributed by atoms with E-state index in [1.807, 2.05) is 13.8 Å². The number of nitrogens with zero attached hydrogens (tertiary/aromatic N) is 2. The van der Waals surface area contributed by atoms with Gasteiger partial charge in [-0.2, -0.15) is 0 Å². The summed E-state index contributed by atoms with van der Waals surface area (Å²) in [7, 11) is 0. The number of amides is 2. The maximum absolute atomic E-state index is 13.8. The number of hydrogen-bond acceptors (Lipinski definition) is 5. The lowest BCUT2D eigenvalue weighted by Gasteiger charge is -2.22. The molecule has 10 heteroatoms. The first-order chi connectivity index (χ1) is 16.2. The van der Waals surface area contributed by atoms with Gasteiger partial charge in [-0.1, -0.05) is 12.1 Å². The third-order valence-corrected chi connectivity index (χ3v) is 5.09. The second-order valence-electron chi connectivity index (χ2n) is 7.61. The predicted octanol–water partition coefficient (Wildman–Crippen LogP) is 4.78. The third-order valence-electron chi connectivity index (χ3n) is 5.09. The van der Waals surface area contributed by atoms with Gasteiger partial charge in [-0.3, -0.25) is 9.59 Å². The minimum Gasteiger partial charge on any atom is -0.489 e. The van der Waals surface area contributed by atoms with E-state index in [2.05, 4.69) is 10.5 Å². The van der Waals surface area contributed by atoms with Crippen molar-refractivity contribution in [3.8, 4) is 5.75 Å². The zero-order chi connectivity index (χ0) is 24.8. The number of carbonyl (C=O) groups is 2. The highest BCUT2D eigenvalue weighted by molar-refractivity contribution is 5.99. The first kappa shape index (κ1) is 24.8. The number of benzene rings is 2. The molecule has 1 heterocycles. The Balaban J connectivity index is 1.64. The van der Waals surface area contributed by atoms with E-state index in [0.29, 0.717) is 29.6 Å². The number of hydrogen-bond donors (Lipinski definition) is 1. The van der Waals surface area contributed by atoms with Gasteiger partial charge in [0.25, 0.3) is 5.91 Å². The fraction of sp³-hybridized carbons (Fsp3) is 0.292. The summed E-state index contributed by atoms with van der Waals surface area (Å²) in [5.41, 5.74) is 1.40. The fourth-order valence-electron chi connectivity index (χ4n) is 3.25. The van der Waals surface area contributed by atoms with Gasteiger partial charge in [-0.15, -0.1) is 0 Å². The highest BCUT2D eigenvalue weighted by Gasteiger charge is 2.21. The maximum Gasteiger partial charge on any atom is 0.254 e. The lowest BCUT2D eigenvalue weighted by molar-refractivity contribution is -0.116. The van der Waals surface area contributed by atoms with Gasteiger partial charge < -0.3 is 19.5 Å². The monoisotopic (exact) mass is 475 g/mol. The fourth-order valence-corrected chi connectivity index (χ4v) is 3.25. The molecule has 0 aliphatic rings. The molecule has 0 fully saturated rings. The number of aromatic nitrogens is 1. The number of carbonyl (C=O) groups excluding carboxylic acids is 2. The SMILES string of the molecule is CCCN(CC(=O)Nc1ccc(F)c(F)c1F)C(=O)c1ccc(OCc2c(C)noc2C)cc1. The summed E-state index contributed by atoms with van der Waals surface area (Å²) >= 11 is 0. The molecule has 180 valence electrons. The molecule has 0 aliphatic carbocycles. The van der Waals surface area contributed by atoms with Gasteiger partial charge in [-0.05, 0) is 56.7 Å². The summed E-state index contributed by atoms with van der Waals surface area (Å²) in [6.45, 7) is 5.57. The highest BCUT2D eigenvalue weighted by atomic mass is 19.2. The molecule has 0 saturated heterocycles. The molecule has 0 saturated carbocycles. The van der Waals surface area contributed by atoms with Gasteiger partial charge in [0.15, 0.2) is 17.5 Å². The zero-order valence-electron chi connectivity index (χ0n) is 19.0. The normalized spacial score (nSPS) is 10.8. The Hall–Kier alpha value is -3.82. The number of nitrogens with one attached hydrogen (secondary N) is 1. The van der Waals surface area contributed by atoms with Crippen molar-refractivity contribution in [3.05, 3.63) is 76.4 Å². The van der Waals surface area contributed by atoms with E-state index < -0.39 is 41.5 Å². The van der Waals surface area contributed by atoms with Crippen LogP contribution in [0.1, 0.15) is 40.7 Å². The Morgan fingerprint density at radius 2 is 1.76 bits per heavy atom. The molecular weight excluding hydrogens is 451 g/mol. The van der Waals surface area contributed by atoms with Crippen LogP contribution in [0.15, 0.2) is 40.9 Å². The minimum atomic E-state index is -1.68. The van der Waals surface area contributed by atoms with Crippen LogP contribution < -0.4 is 10.1 Å². The van der Waals surface area contributed by atoms with Crippen LogP contribution in [0.3, 0.4) is 0 Å². The summed E-state index contributed by atoms with van der Waals surface area (Å²) in [4.78, 5) is 26.6. The zero-order valence-corrected chi connectivity index (χ0v) is 19.0. The van der Waals surface area contributed by atoms with Crippen molar-refractivity contribution in [2.24, 2.45) is 0 Å². The Labute approximate surface area is 194 Å². The summed E-state index contributed by atoms with van der Waals surface area (Å²) in [6, 6.07) is 8.02. The standard InChI is InChI=1S/C24H24F3N3O4/c1-4-11-30(12-21(31)28-20-10-9-19(25)22(26)23(20)27)24(32)16-5-7-17(8-6-16)33-13-18-14(2)29-34-15(18)3/h5-10H,4,11-13H2,1-3H3,(H,28,31). The molecule has 0 aliphatic heterocycles. The van der Waals surface area contributed by atoms with Crippen molar-refractivity contribution >= 4 is 17.5 Å². The number of ether oxygens (including phenoxy) is 1. The van der Waals surface area contributed by atoms with Crippen molar-refractivity contribution in [2.75, 3.05) is 18.4 Å². The van der Waals surface area contributed by atoms with Gasteiger partial charge in [0.2, 0.25) is 5.91 Å². The topological polar surface area (TPSA) is 84.7 Å². The number of anilines is 1. The van der Waals surface area contributed by atoms with Crippen LogP contribution in [0.5, 0.6) is 5.75 Å². The highest BCUT2D eigenvalue weighted by Crippen LogP contribution is 2.21. The minimum absolute atomic E-state index is 0.261. The smallest absolute Gasteiger partial charge is 0.254 e. The van der Waals surface area contributed by atoms with Crippen LogP contribution in [0.25, 0.3) is 0 Å². The van der Waals surface area contributed by atoms with Crippen molar-refractivity contribution < 1.29 is 32.0 Å². The first-order valence-corrected chi connectivity index (χ1v) is 10.6. The van der Waals surface area contributed by atoms with Crippen LogP contribution in [0, 0.1) is 31.3 Å². The van der Waals surface area contributed by atoms with Gasteiger partial charge in [0, 0.05) is 12.1 Å². The maximum atomic E-state index is 13.8. The number of halogens is 3. The lowest BCUT2D eigenvalue weighted by atomic mass is 10.1. The van der Waals surface area contributed by atoms with Crippen molar-refractivity contribution in [2.45, 2.75) is 33.8 Å². The Bertz CT molecular complexity index is 1160.